The monoisotopic (exact) mass is 394 g/mol. The Hall–Kier alpha value is -0.0800. The molecule has 1 aromatic rings. The van der Waals surface area contributed by atoms with E-state index in [-0.39, 0.29) is 0 Å². The fourth-order valence-corrected chi connectivity index (χ4v) is 4.65. The van der Waals surface area contributed by atoms with Crippen LogP contribution in [0.2, 0.25) is 0 Å². The minimum atomic E-state index is -3.47. The highest BCUT2D eigenvalue weighted by atomic mass is 79.9. The topological polar surface area (TPSA) is 49.4 Å². The van der Waals surface area contributed by atoms with Crippen molar-refractivity contribution >= 4 is 37.7 Å². The molecule has 120 valence electrons. The highest BCUT2D eigenvalue weighted by molar-refractivity contribution is 9.10. The van der Waals surface area contributed by atoms with Crippen LogP contribution in [0.5, 0.6) is 0 Å². The molecule has 0 fully saturated rings. The number of nitrogens with zero attached hydrogens (tertiary/aromatic N) is 1. The number of halogens is 1. The van der Waals surface area contributed by atoms with Gasteiger partial charge in [0.2, 0.25) is 10.0 Å². The van der Waals surface area contributed by atoms with Crippen molar-refractivity contribution in [1.29, 1.82) is 0 Å². The molecule has 1 N–H and O–H groups in total. The quantitative estimate of drug-likeness (QED) is 0.736. The van der Waals surface area contributed by atoms with E-state index in [0.717, 1.165) is 23.4 Å². The first-order valence-electron chi connectivity index (χ1n) is 6.79. The summed E-state index contributed by atoms with van der Waals surface area (Å²) in [7, 11) is -1.84. The van der Waals surface area contributed by atoms with Gasteiger partial charge in [-0.2, -0.15) is 11.8 Å². The summed E-state index contributed by atoms with van der Waals surface area (Å²) in [5.41, 5.74) is 1.91. The number of hydrogen-bond acceptors (Lipinski definition) is 4. The fourth-order valence-electron chi connectivity index (χ4n) is 1.88. The highest BCUT2D eigenvalue weighted by Gasteiger charge is 2.24. The zero-order chi connectivity index (χ0) is 16.0. The predicted octanol–water partition coefficient (Wildman–Crippen LogP) is 2.85. The van der Waals surface area contributed by atoms with Crippen molar-refractivity contribution in [3.8, 4) is 0 Å². The third-order valence-electron chi connectivity index (χ3n) is 3.16. The molecule has 0 aliphatic heterocycles. The average Bonchev–Trinajstić information content (AvgIpc) is 2.45. The Bertz CT molecular complexity index is 577. The van der Waals surface area contributed by atoms with E-state index in [0.29, 0.717) is 22.5 Å². The number of benzene rings is 1. The number of rotatable bonds is 8. The molecule has 0 atom stereocenters. The average molecular weight is 395 g/mol. The van der Waals surface area contributed by atoms with E-state index >= 15 is 0 Å². The largest absolute Gasteiger partial charge is 0.313 e. The van der Waals surface area contributed by atoms with Gasteiger partial charge in [-0.05, 0) is 52.8 Å². The normalized spacial score (nSPS) is 12.1. The highest BCUT2D eigenvalue weighted by Crippen LogP contribution is 2.29. The van der Waals surface area contributed by atoms with E-state index in [4.69, 9.17) is 0 Å². The van der Waals surface area contributed by atoms with Crippen LogP contribution in [0.25, 0.3) is 0 Å². The summed E-state index contributed by atoms with van der Waals surface area (Å²) in [6.07, 6.45) is 1.97. The molecule has 0 radical (unpaired) electrons. The smallest absolute Gasteiger partial charge is 0.243 e. The molecule has 0 saturated heterocycles. The second-order valence-corrected chi connectivity index (χ2v) is 8.62. The van der Waals surface area contributed by atoms with Gasteiger partial charge >= 0.3 is 0 Å². The maximum absolute atomic E-state index is 12.7. The fraction of sp³-hybridized carbons (Fsp3) is 0.571. The summed E-state index contributed by atoms with van der Waals surface area (Å²) < 4.78 is 27.5. The molecule has 0 bridgehead atoms. The van der Waals surface area contributed by atoms with Gasteiger partial charge in [0.1, 0.15) is 0 Å². The van der Waals surface area contributed by atoms with Crippen LogP contribution in [0, 0.1) is 6.92 Å². The molecule has 4 nitrogen and oxygen atoms in total. The standard InChI is InChI=1S/C14H23BrN2O2S2/c1-5-16-10-12-8-11(2)14(15)13(9-12)21(18,19)17(3)6-7-20-4/h8-9,16H,5-7,10H2,1-4H3. The molecular formula is C14H23BrN2O2S2. The van der Waals surface area contributed by atoms with Crippen LogP contribution in [0.3, 0.4) is 0 Å². The van der Waals surface area contributed by atoms with Crippen LogP contribution >= 0.6 is 27.7 Å². The van der Waals surface area contributed by atoms with Crippen molar-refractivity contribution in [2.75, 3.05) is 32.1 Å². The number of nitrogens with one attached hydrogen (secondary N) is 1. The van der Waals surface area contributed by atoms with Gasteiger partial charge in [-0.15, -0.1) is 0 Å². The molecule has 21 heavy (non-hydrogen) atoms. The van der Waals surface area contributed by atoms with Gasteiger partial charge in [0.25, 0.3) is 0 Å². The van der Waals surface area contributed by atoms with Crippen molar-refractivity contribution in [3.05, 3.63) is 27.7 Å². The summed E-state index contributed by atoms with van der Waals surface area (Å²) >= 11 is 5.06. The Morgan fingerprint density at radius 3 is 2.62 bits per heavy atom. The van der Waals surface area contributed by atoms with Crippen molar-refractivity contribution in [1.82, 2.24) is 9.62 Å². The molecule has 0 aliphatic carbocycles. The molecular weight excluding hydrogens is 372 g/mol. The minimum Gasteiger partial charge on any atom is -0.313 e. The molecule has 0 saturated carbocycles. The van der Waals surface area contributed by atoms with Crippen LogP contribution < -0.4 is 5.32 Å². The molecule has 0 aromatic heterocycles. The van der Waals surface area contributed by atoms with E-state index < -0.39 is 10.0 Å². The zero-order valence-corrected chi connectivity index (χ0v) is 16.2. The second-order valence-electron chi connectivity index (χ2n) is 4.82. The first-order valence-corrected chi connectivity index (χ1v) is 10.4. The predicted molar refractivity (Wildman–Crippen MR) is 94.5 cm³/mol. The molecule has 0 unspecified atom stereocenters. The number of thioether (sulfide) groups is 1. The van der Waals surface area contributed by atoms with Crippen LogP contribution in [-0.2, 0) is 16.6 Å². The van der Waals surface area contributed by atoms with Gasteiger partial charge in [0, 0.05) is 30.4 Å². The van der Waals surface area contributed by atoms with Gasteiger partial charge < -0.3 is 5.32 Å². The molecule has 0 aliphatic rings. The summed E-state index contributed by atoms with van der Waals surface area (Å²) in [5.74, 6) is 0.781. The molecule has 0 spiro atoms. The Morgan fingerprint density at radius 1 is 1.38 bits per heavy atom. The lowest BCUT2D eigenvalue weighted by Gasteiger charge is -2.19. The molecule has 0 amide bonds. The first kappa shape index (κ1) is 19.0. The lowest BCUT2D eigenvalue weighted by Crippen LogP contribution is -2.29. The zero-order valence-electron chi connectivity index (χ0n) is 12.9. The second kappa shape index (κ2) is 8.53. The molecule has 0 heterocycles. The van der Waals surface area contributed by atoms with E-state index in [1.807, 2.05) is 26.2 Å². The summed E-state index contributed by atoms with van der Waals surface area (Å²) in [5, 5.41) is 3.23. The van der Waals surface area contributed by atoms with Crippen LogP contribution in [0.1, 0.15) is 18.1 Å². The van der Waals surface area contributed by atoms with Gasteiger partial charge in [-0.1, -0.05) is 13.0 Å². The number of hydrogen-bond donors (Lipinski definition) is 1. The Morgan fingerprint density at radius 2 is 2.05 bits per heavy atom. The first-order chi connectivity index (χ1) is 9.84. The summed E-state index contributed by atoms with van der Waals surface area (Å²) in [4.78, 5) is 0.346. The summed E-state index contributed by atoms with van der Waals surface area (Å²) in [6, 6.07) is 3.76. The van der Waals surface area contributed by atoms with E-state index in [9.17, 15) is 8.42 Å². The van der Waals surface area contributed by atoms with E-state index in [2.05, 4.69) is 21.2 Å². The van der Waals surface area contributed by atoms with Crippen molar-refractivity contribution in [2.45, 2.75) is 25.3 Å². The lowest BCUT2D eigenvalue weighted by atomic mass is 10.1. The maximum atomic E-state index is 12.7. The molecule has 7 heteroatoms. The minimum absolute atomic E-state index is 0.346. The van der Waals surface area contributed by atoms with E-state index in [1.54, 1.807) is 24.9 Å². The Kier molecular flexibility index (Phi) is 7.70. The van der Waals surface area contributed by atoms with Crippen LogP contribution in [0.4, 0.5) is 0 Å². The van der Waals surface area contributed by atoms with Crippen LogP contribution in [0.15, 0.2) is 21.5 Å². The third kappa shape index (κ3) is 4.96. The maximum Gasteiger partial charge on any atom is 0.243 e. The van der Waals surface area contributed by atoms with Crippen molar-refractivity contribution in [3.63, 3.8) is 0 Å². The van der Waals surface area contributed by atoms with Gasteiger partial charge in [0.15, 0.2) is 0 Å². The van der Waals surface area contributed by atoms with E-state index in [1.165, 1.54) is 4.31 Å². The Labute approximate surface area is 140 Å². The third-order valence-corrected chi connectivity index (χ3v) is 6.95. The van der Waals surface area contributed by atoms with Crippen LogP contribution in [-0.4, -0.2) is 44.9 Å². The van der Waals surface area contributed by atoms with Gasteiger partial charge in [0.05, 0.1) is 4.90 Å². The van der Waals surface area contributed by atoms with Gasteiger partial charge in [-0.3, -0.25) is 0 Å². The SMILES string of the molecule is CCNCc1cc(C)c(Br)c(S(=O)(=O)N(C)CCSC)c1. The number of aryl methyl sites for hydroxylation is 1. The molecule has 1 rings (SSSR count). The van der Waals surface area contributed by atoms with Crippen molar-refractivity contribution in [2.24, 2.45) is 0 Å². The Balaban J connectivity index is 3.18. The summed E-state index contributed by atoms with van der Waals surface area (Å²) in [6.45, 7) is 5.97. The number of sulfonamides is 1. The van der Waals surface area contributed by atoms with Crippen molar-refractivity contribution < 1.29 is 8.42 Å². The lowest BCUT2D eigenvalue weighted by molar-refractivity contribution is 0.488. The van der Waals surface area contributed by atoms with Gasteiger partial charge in [-0.25, -0.2) is 12.7 Å². The molecule has 1 aromatic carbocycles.